The molecule has 1 N–H and O–H groups in total. The Balaban J connectivity index is 2.29. The maximum Gasteiger partial charge on any atom is 0.241 e. The van der Waals surface area contributed by atoms with Crippen LogP contribution in [0, 0.1) is 6.92 Å². The molecule has 0 atom stereocenters. The molecule has 1 aliphatic rings. The molecule has 1 aliphatic carbocycles. The van der Waals surface area contributed by atoms with Gasteiger partial charge in [0.15, 0.2) is 0 Å². The third kappa shape index (κ3) is 2.56. The molecule has 2 rings (SSSR count). The molecule has 0 saturated heterocycles. The fraction of sp³-hybridized carbons (Fsp3) is 0.500. The summed E-state index contributed by atoms with van der Waals surface area (Å²) in [4.78, 5) is 0.382. The van der Waals surface area contributed by atoms with Crippen molar-refractivity contribution in [3.63, 3.8) is 0 Å². The van der Waals surface area contributed by atoms with Crippen LogP contribution in [0.15, 0.2) is 29.2 Å². The summed E-state index contributed by atoms with van der Waals surface area (Å²) in [5.41, 5.74) is 0.505. The van der Waals surface area contributed by atoms with Crippen LogP contribution in [-0.2, 0) is 10.0 Å². The molecule has 1 fully saturated rings. The van der Waals surface area contributed by atoms with Crippen LogP contribution in [0.3, 0.4) is 0 Å². The van der Waals surface area contributed by atoms with Gasteiger partial charge in [-0.3, -0.25) is 0 Å². The summed E-state index contributed by atoms with van der Waals surface area (Å²) in [6.07, 6.45) is 2.90. The monoisotopic (exact) mass is 317 g/mol. The first kappa shape index (κ1) is 13.1. The van der Waals surface area contributed by atoms with Crippen LogP contribution < -0.4 is 4.72 Å². The molecule has 0 heterocycles. The summed E-state index contributed by atoms with van der Waals surface area (Å²) < 4.78 is 27.4. The molecule has 0 aliphatic heterocycles. The topological polar surface area (TPSA) is 46.2 Å². The summed E-state index contributed by atoms with van der Waals surface area (Å²) >= 11 is 3.40. The van der Waals surface area contributed by atoms with Crippen LogP contribution in [0.1, 0.15) is 24.8 Å². The van der Waals surface area contributed by atoms with Crippen molar-refractivity contribution < 1.29 is 8.42 Å². The van der Waals surface area contributed by atoms with E-state index in [0.717, 1.165) is 24.8 Å². The van der Waals surface area contributed by atoms with E-state index in [9.17, 15) is 8.42 Å². The van der Waals surface area contributed by atoms with E-state index < -0.39 is 10.0 Å². The van der Waals surface area contributed by atoms with Crippen molar-refractivity contribution in [2.24, 2.45) is 0 Å². The lowest BCUT2D eigenvalue weighted by atomic mass is 9.80. The maximum atomic E-state index is 12.3. The fourth-order valence-corrected chi connectivity index (χ4v) is 4.66. The van der Waals surface area contributed by atoms with Gasteiger partial charge in [-0.05, 0) is 37.8 Å². The molecule has 1 saturated carbocycles. The van der Waals surface area contributed by atoms with Crippen molar-refractivity contribution in [3.8, 4) is 0 Å². The lowest BCUT2D eigenvalue weighted by Gasteiger charge is -2.40. The fourth-order valence-electron chi connectivity index (χ4n) is 2.06. The molecular weight excluding hydrogens is 302 g/mol. The second-order valence-corrected chi connectivity index (χ2v) is 6.85. The summed E-state index contributed by atoms with van der Waals surface area (Å²) in [6, 6.07) is 7.06. The molecule has 17 heavy (non-hydrogen) atoms. The van der Waals surface area contributed by atoms with Crippen molar-refractivity contribution in [3.05, 3.63) is 29.8 Å². The molecule has 5 heteroatoms. The van der Waals surface area contributed by atoms with E-state index in [1.165, 1.54) is 0 Å². The summed E-state index contributed by atoms with van der Waals surface area (Å²) in [7, 11) is -3.40. The Bertz CT molecular complexity index is 503. The van der Waals surface area contributed by atoms with Gasteiger partial charge in [0, 0.05) is 10.9 Å². The average molecular weight is 318 g/mol. The predicted molar refractivity (Wildman–Crippen MR) is 71.9 cm³/mol. The summed E-state index contributed by atoms with van der Waals surface area (Å²) in [6.45, 7) is 1.82. The molecule has 0 amide bonds. The lowest BCUT2D eigenvalue weighted by molar-refractivity contribution is 0.256. The number of sulfonamides is 1. The van der Waals surface area contributed by atoms with Gasteiger partial charge < -0.3 is 0 Å². The van der Waals surface area contributed by atoms with Crippen molar-refractivity contribution in [1.82, 2.24) is 4.72 Å². The number of hydrogen-bond donors (Lipinski definition) is 1. The van der Waals surface area contributed by atoms with E-state index in [2.05, 4.69) is 20.7 Å². The Morgan fingerprint density at radius 1 is 1.35 bits per heavy atom. The zero-order valence-electron chi connectivity index (χ0n) is 9.74. The second-order valence-electron chi connectivity index (χ2n) is 4.64. The van der Waals surface area contributed by atoms with Crippen LogP contribution >= 0.6 is 15.9 Å². The average Bonchev–Trinajstić information content (AvgIpc) is 2.24. The van der Waals surface area contributed by atoms with Crippen LogP contribution in [0.2, 0.25) is 0 Å². The van der Waals surface area contributed by atoms with Gasteiger partial charge in [0.1, 0.15) is 0 Å². The van der Waals surface area contributed by atoms with Crippen LogP contribution in [-0.4, -0.2) is 19.3 Å². The first-order chi connectivity index (χ1) is 7.99. The molecule has 0 radical (unpaired) electrons. The Morgan fingerprint density at radius 2 is 2.00 bits per heavy atom. The number of nitrogens with one attached hydrogen (secondary N) is 1. The van der Waals surface area contributed by atoms with Crippen LogP contribution in [0.25, 0.3) is 0 Å². The van der Waals surface area contributed by atoms with E-state index in [0.29, 0.717) is 10.2 Å². The van der Waals surface area contributed by atoms with Gasteiger partial charge in [0.05, 0.1) is 4.90 Å². The van der Waals surface area contributed by atoms with Gasteiger partial charge in [0.25, 0.3) is 0 Å². The Labute approximate surface area is 111 Å². The van der Waals surface area contributed by atoms with E-state index in [4.69, 9.17) is 0 Å². The zero-order chi connectivity index (χ0) is 12.5. The van der Waals surface area contributed by atoms with Gasteiger partial charge in [0.2, 0.25) is 10.0 Å². The van der Waals surface area contributed by atoms with Crippen molar-refractivity contribution in [2.75, 3.05) is 5.33 Å². The van der Waals surface area contributed by atoms with E-state index >= 15 is 0 Å². The predicted octanol–water partition coefficient (Wildman–Crippen LogP) is 2.59. The standard InChI is InChI=1S/C12H16BrNO2S/c1-10-5-2-3-6-11(10)17(15,16)14-12(9-13)7-4-8-12/h2-3,5-6,14H,4,7-9H2,1H3. The highest BCUT2D eigenvalue weighted by molar-refractivity contribution is 9.09. The second kappa shape index (κ2) is 4.71. The highest BCUT2D eigenvalue weighted by Crippen LogP contribution is 2.35. The molecule has 1 aromatic rings. The summed E-state index contributed by atoms with van der Waals surface area (Å²) in [5.74, 6) is 0. The minimum atomic E-state index is -3.40. The minimum Gasteiger partial charge on any atom is -0.207 e. The van der Waals surface area contributed by atoms with Crippen LogP contribution in [0.4, 0.5) is 0 Å². The Hall–Kier alpha value is -0.390. The Kier molecular flexibility index (Phi) is 3.61. The van der Waals surface area contributed by atoms with Crippen molar-refractivity contribution in [2.45, 2.75) is 36.6 Å². The third-order valence-corrected chi connectivity index (χ3v) is 6.11. The molecule has 94 valence electrons. The number of rotatable bonds is 4. The first-order valence-corrected chi connectivity index (χ1v) is 8.25. The van der Waals surface area contributed by atoms with Gasteiger partial charge in [-0.25, -0.2) is 13.1 Å². The zero-order valence-corrected chi connectivity index (χ0v) is 12.1. The normalized spacial score (nSPS) is 18.7. The minimum absolute atomic E-state index is 0.277. The number of halogens is 1. The first-order valence-electron chi connectivity index (χ1n) is 5.65. The lowest BCUT2D eigenvalue weighted by Crippen LogP contribution is -2.54. The molecule has 0 bridgehead atoms. The largest absolute Gasteiger partial charge is 0.241 e. The van der Waals surface area contributed by atoms with Gasteiger partial charge in [-0.1, -0.05) is 34.1 Å². The smallest absolute Gasteiger partial charge is 0.207 e. The van der Waals surface area contributed by atoms with Gasteiger partial charge in [-0.15, -0.1) is 0 Å². The maximum absolute atomic E-state index is 12.3. The van der Waals surface area contributed by atoms with Gasteiger partial charge in [-0.2, -0.15) is 0 Å². The van der Waals surface area contributed by atoms with Crippen molar-refractivity contribution >= 4 is 26.0 Å². The number of aryl methyl sites for hydroxylation is 1. The highest BCUT2D eigenvalue weighted by atomic mass is 79.9. The van der Waals surface area contributed by atoms with Crippen molar-refractivity contribution in [1.29, 1.82) is 0 Å². The third-order valence-electron chi connectivity index (χ3n) is 3.30. The van der Waals surface area contributed by atoms with E-state index in [1.807, 2.05) is 19.1 Å². The molecule has 3 nitrogen and oxygen atoms in total. The van der Waals surface area contributed by atoms with Gasteiger partial charge >= 0.3 is 0 Å². The number of benzene rings is 1. The quantitative estimate of drug-likeness (QED) is 0.868. The van der Waals surface area contributed by atoms with E-state index in [1.54, 1.807) is 12.1 Å². The molecular formula is C12H16BrNO2S. The Morgan fingerprint density at radius 3 is 2.47 bits per heavy atom. The summed E-state index contributed by atoms with van der Waals surface area (Å²) in [5, 5.41) is 0.672. The molecule has 1 aromatic carbocycles. The van der Waals surface area contributed by atoms with E-state index in [-0.39, 0.29) is 5.54 Å². The molecule has 0 spiro atoms. The molecule has 0 unspecified atom stereocenters. The molecule has 0 aromatic heterocycles. The SMILES string of the molecule is Cc1ccccc1S(=O)(=O)NC1(CBr)CCC1. The highest BCUT2D eigenvalue weighted by Gasteiger charge is 2.40. The number of alkyl halides is 1. The van der Waals surface area contributed by atoms with Crippen LogP contribution in [0.5, 0.6) is 0 Å². The number of hydrogen-bond acceptors (Lipinski definition) is 2.